The highest BCUT2D eigenvalue weighted by molar-refractivity contribution is 5.89. The van der Waals surface area contributed by atoms with Crippen molar-refractivity contribution in [2.24, 2.45) is 0 Å². The van der Waals surface area contributed by atoms with Crippen molar-refractivity contribution < 1.29 is 28.7 Å². The van der Waals surface area contributed by atoms with Gasteiger partial charge < -0.3 is 25.4 Å². The molecule has 0 fully saturated rings. The lowest BCUT2D eigenvalue weighted by Crippen LogP contribution is -2.46. The van der Waals surface area contributed by atoms with E-state index in [1.54, 1.807) is 12.1 Å². The van der Waals surface area contributed by atoms with Crippen LogP contribution in [0, 0.1) is 0 Å². The minimum atomic E-state index is -0.819. The molecule has 25 heavy (non-hydrogen) atoms. The van der Waals surface area contributed by atoms with Crippen molar-refractivity contribution >= 4 is 23.9 Å². The van der Waals surface area contributed by atoms with Crippen LogP contribution in [0.5, 0.6) is 0 Å². The van der Waals surface area contributed by atoms with Gasteiger partial charge in [-0.05, 0) is 12.5 Å². The Labute approximate surface area is 145 Å². The molecule has 1 aromatic rings. The van der Waals surface area contributed by atoms with E-state index in [1.807, 2.05) is 18.2 Å². The molecule has 3 N–H and O–H groups in total. The van der Waals surface area contributed by atoms with Crippen molar-refractivity contribution in [3.63, 3.8) is 0 Å². The smallest absolute Gasteiger partial charge is 0.407 e. The van der Waals surface area contributed by atoms with Crippen molar-refractivity contribution in [2.45, 2.75) is 19.6 Å². The highest BCUT2D eigenvalue weighted by Crippen LogP contribution is 2.00. The molecule has 9 nitrogen and oxygen atoms in total. The van der Waals surface area contributed by atoms with Crippen LogP contribution in [-0.2, 0) is 30.5 Å². The lowest BCUT2D eigenvalue weighted by Gasteiger charge is -2.12. The molecular weight excluding hydrogens is 330 g/mol. The standard InChI is InChI=1S/C16H21N3O6/c1-11(15(22)24-2)19-14(21)9-17-13(20)8-18-16(23)25-10-12-6-4-3-5-7-12/h3-7,11H,8-10H2,1-2H3,(H,17,20)(H,18,23)(H,19,21)/t11-/m1/s1. The van der Waals surface area contributed by atoms with Gasteiger partial charge in [0.1, 0.15) is 19.2 Å². The molecule has 0 aliphatic heterocycles. The first-order valence-electron chi connectivity index (χ1n) is 7.50. The van der Waals surface area contributed by atoms with E-state index >= 15 is 0 Å². The molecule has 0 aromatic heterocycles. The second kappa shape index (κ2) is 10.6. The molecule has 0 aliphatic carbocycles. The fraction of sp³-hybridized carbons (Fsp3) is 0.375. The number of hydrogen-bond donors (Lipinski definition) is 3. The minimum absolute atomic E-state index is 0.0854. The lowest BCUT2D eigenvalue weighted by molar-refractivity contribution is -0.144. The van der Waals surface area contributed by atoms with E-state index in [0.717, 1.165) is 5.56 Å². The van der Waals surface area contributed by atoms with Crippen LogP contribution in [0.2, 0.25) is 0 Å². The Morgan fingerprint density at radius 1 is 1.00 bits per heavy atom. The zero-order valence-electron chi connectivity index (χ0n) is 14.0. The maximum absolute atomic E-state index is 11.5. The zero-order valence-corrected chi connectivity index (χ0v) is 14.0. The van der Waals surface area contributed by atoms with Gasteiger partial charge in [0, 0.05) is 0 Å². The summed E-state index contributed by atoms with van der Waals surface area (Å²) in [5.41, 5.74) is 0.818. The van der Waals surface area contributed by atoms with Crippen molar-refractivity contribution in [2.75, 3.05) is 20.2 Å². The normalized spacial score (nSPS) is 11.0. The summed E-state index contributed by atoms with van der Waals surface area (Å²) in [4.78, 5) is 45.7. The first kappa shape index (κ1) is 19.9. The van der Waals surface area contributed by atoms with E-state index in [-0.39, 0.29) is 19.7 Å². The second-order valence-corrected chi connectivity index (χ2v) is 5.00. The van der Waals surface area contributed by atoms with E-state index < -0.39 is 29.9 Å². The average molecular weight is 351 g/mol. The SMILES string of the molecule is COC(=O)[C@@H](C)NC(=O)CNC(=O)CNC(=O)OCc1ccccc1. The van der Waals surface area contributed by atoms with Crippen LogP contribution >= 0.6 is 0 Å². The fourth-order valence-corrected chi connectivity index (χ4v) is 1.70. The second-order valence-electron chi connectivity index (χ2n) is 5.00. The fourth-order valence-electron chi connectivity index (χ4n) is 1.70. The number of methoxy groups -OCH3 is 1. The molecule has 136 valence electrons. The number of carbonyl (C=O) groups is 4. The zero-order chi connectivity index (χ0) is 18.7. The van der Waals surface area contributed by atoms with Crippen LogP contribution in [-0.4, -0.2) is 50.1 Å². The largest absolute Gasteiger partial charge is 0.467 e. The highest BCUT2D eigenvalue weighted by Gasteiger charge is 2.16. The predicted molar refractivity (Wildman–Crippen MR) is 87.3 cm³/mol. The Morgan fingerprint density at radius 3 is 2.28 bits per heavy atom. The van der Waals surface area contributed by atoms with Gasteiger partial charge in [0.25, 0.3) is 0 Å². The summed E-state index contributed by atoms with van der Waals surface area (Å²) in [7, 11) is 1.20. The Balaban J connectivity index is 2.18. The maximum atomic E-state index is 11.5. The van der Waals surface area contributed by atoms with Crippen LogP contribution in [0.25, 0.3) is 0 Å². The van der Waals surface area contributed by atoms with E-state index in [0.29, 0.717) is 0 Å². The third kappa shape index (κ3) is 8.35. The summed E-state index contributed by atoms with van der Waals surface area (Å²) < 4.78 is 9.39. The maximum Gasteiger partial charge on any atom is 0.407 e. The number of hydrogen-bond acceptors (Lipinski definition) is 6. The summed E-state index contributed by atoms with van der Waals surface area (Å²) >= 11 is 0. The number of esters is 1. The molecule has 0 saturated carbocycles. The van der Waals surface area contributed by atoms with Gasteiger partial charge in [0.2, 0.25) is 11.8 Å². The predicted octanol–water partition coefficient (Wildman–Crippen LogP) is -0.293. The molecule has 0 radical (unpaired) electrons. The molecule has 0 unspecified atom stereocenters. The third-order valence-corrected chi connectivity index (χ3v) is 2.98. The lowest BCUT2D eigenvalue weighted by atomic mass is 10.2. The van der Waals surface area contributed by atoms with Gasteiger partial charge in [-0.1, -0.05) is 30.3 Å². The Kier molecular flexibility index (Phi) is 8.48. The van der Waals surface area contributed by atoms with Crippen LogP contribution < -0.4 is 16.0 Å². The number of amides is 3. The Morgan fingerprint density at radius 2 is 1.64 bits per heavy atom. The molecule has 0 bridgehead atoms. The molecule has 1 atom stereocenters. The Hall–Kier alpha value is -3.10. The highest BCUT2D eigenvalue weighted by atomic mass is 16.5. The molecule has 0 aliphatic rings. The van der Waals surface area contributed by atoms with Gasteiger partial charge in [-0.3, -0.25) is 9.59 Å². The van der Waals surface area contributed by atoms with E-state index in [4.69, 9.17) is 4.74 Å². The minimum Gasteiger partial charge on any atom is -0.467 e. The molecule has 3 amide bonds. The number of alkyl carbamates (subject to hydrolysis) is 1. The molecular formula is C16H21N3O6. The number of rotatable bonds is 8. The van der Waals surface area contributed by atoms with E-state index in [1.165, 1.54) is 14.0 Å². The van der Waals surface area contributed by atoms with Gasteiger partial charge in [-0.25, -0.2) is 9.59 Å². The van der Waals surface area contributed by atoms with Crippen LogP contribution in [0.1, 0.15) is 12.5 Å². The third-order valence-electron chi connectivity index (χ3n) is 2.98. The van der Waals surface area contributed by atoms with Gasteiger partial charge in [0.15, 0.2) is 0 Å². The molecule has 9 heteroatoms. The average Bonchev–Trinajstić information content (AvgIpc) is 2.62. The summed E-state index contributed by atoms with van der Waals surface area (Å²) in [5, 5.41) is 6.92. The van der Waals surface area contributed by atoms with Crippen molar-refractivity contribution in [3.05, 3.63) is 35.9 Å². The summed E-state index contributed by atoms with van der Waals surface area (Å²) in [6.45, 7) is 0.867. The summed E-state index contributed by atoms with van der Waals surface area (Å²) in [6.07, 6.45) is -0.747. The van der Waals surface area contributed by atoms with Crippen molar-refractivity contribution in [1.29, 1.82) is 0 Å². The molecule has 1 aromatic carbocycles. The van der Waals surface area contributed by atoms with Gasteiger partial charge in [-0.2, -0.15) is 0 Å². The summed E-state index contributed by atoms with van der Waals surface area (Å²) in [5.74, 6) is -1.72. The van der Waals surface area contributed by atoms with Crippen LogP contribution in [0.3, 0.4) is 0 Å². The van der Waals surface area contributed by atoms with E-state index in [9.17, 15) is 19.2 Å². The molecule has 1 rings (SSSR count). The van der Waals surface area contributed by atoms with Gasteiger partial charge in [-0.15, -0.1) is 0 Å². The van der Waals surface area contributed by atoms with Crippen LogP contribution in [0.15, 0.2) is 30.3 Å². The molecule has 0 spiro atoms. The van der Waals surface area contributed by atoms with Gasteiger partial charge >= 0.3 is 12.1 Å². The summed E-state index contributed by atoms with van der Waals surface area (Å²) in [6, 6.07) is 8.25. The van der Waals surface area contributed by atoms with Crippen molar-refractivity contribution in [1.82, 2.24) is 16.0 Å². The van der Waals surface area contributed by atoms with Gasteiger partial charge in [0.05, 0.1) is 13.7 Å². The number of benzene rings is 1. The number of carbonyl (C=O) groups excluding carboxylic acids is 4. The quantitative estimate of drug-likeness (QED) is 0.553. The molecule has 0 heterocycles. The monoisotopic (exact) mass is 351 g/mol. The topological polar surface area (TPSA) is 123 Å². The number of ether oxygens (including phenoxy) is 2. The molecule has 0 saturated heterocycles. The Bertz CT molecular complexity index is 605. The van der Waals surface area contributed by atoms with Crippen molar-refractivity contribution in [3.8, 4) is 0 Å². The first-order chi connectivity index (χ1) is 11.9. The first-order valence-corrected chi connectivity index (χ1v) is 7.50. The number of nitrogens with one attached hydrogen (secondary N) is 3. The van der Waals surface area contributed by atoms with E-state index in [2.05, 4.69) is 20.7 Å². The van der Waals surface area contributed by atoms with Crippen LogP contribution in [0.4, 0.5) is 4.79 Å².